The molecule has 5 aliphatic rings. The molecule has 1 N–H and O–H groups in total. The number of hydrogen-bond acceptors (Lipinski definition) is 12. The normalized spacial score (nSPS) is 27.1. The van der Waals surface area contributed by atoms with Gasteiger partial charge in [0.05, 0.1) is 67.1 Å². The van der Waals surface area contributed by atoms with Gasteiger partial charge in [-0.1, -0.05) is 162 Å². The zero-order valence-electron chi connectivity index (χ0n) is 43.9. The Kier molecular flexibility index (Phi) is 29.1. The molecule has 0 saturated carbocycles. The van der Waals surface area contributed by atoms with Gasteiger partial charge in [0.1, 0.15) is 13.2 Å². The molecule has 0 aromatic heterocycles. The highest BCUT2D eigenvalue weighted by molar-refractivity contribution is 5.71. The van der Waals surface area contributed by atoms with Crippen molar-refractivity contribution in [1.29, 1.82) is 0 Å². The lowest BCUT2D eigenvalue weighted by atomic mass is 10.0. The third-order valence-corrected chi connectivity index (χ3v) is 15.3. The fraction of sp³-hybridized carbons (Fsp3) is 0.947. The lowest BCUT2D eigenvalue weighted by Gasteiger charge is -2.18. The van der Waals surface area contributed by atoms with Crippen LogP contribution in [0.2, 0.25) is 0 Å². The highest BCUT2D eigenvalue weighted by Crippen LogP contribution is 2.42. The zero-order valence-corrected chi connectivity index (χ0v) is 43.9. The number of rotatable bonds is 48. The molecule has 12 heteroatoms. The quantitative estimate of drug-likeness (QED) is 0.0266. The van der Waals surface area contributed by atoms with Crippen LogP contribution in [0.25, 0.3) is 0 Å². The van der Waals surface area contributed by atoms with Crippen molar-refractivity contribution < 1.29 is 57.4 Å². The fourth-order valence-electron chi connectivity index (χ4n) is 10.4. The number of aliphatic hydroxyl groups excluding tert-OH is 1. The van der Waals surface area contributed by atoms with Crippen molar-refractivity contribution in [2.45, 2.75) is 332 Å². The summed E-state index contributed by atoms with van der Waals surface area (Å²) < 4.78 is 46.0. The van der Waals surface area contributed by atoms with E-state index in [1.165, 1.54) is 70.6 Å². The van der Waals surface area contributed by atoms with Gasteiger partial charge in [-0.25, -0.2) is 0 Å². The lowest BCUT2D eigenvalue weighted by molar-refractivity contribution is -0.167. The topological polar surface area (TPSA) is 162 Å². The third kappa shape index (κ3) is 27.2. The Hall–Kier alpha value is -1.83. The van der Waals surface area contributed by atoms with Crippen molar-refractivity contribution in [2.24, 2.45) is 0 Å². The van der Waals surface area contributed by atoms with Gasteiger partial charge in [0, 0.05) is 38.5 Å². The summed E-state index contributed by atoms with van der Waals surface area (Å²) in [5, 5.41) is 10.4. The molecule has 69 heavy (non-hydrogen) atoms. The van der Waals surface area contributed by atoms with Gasteiger partial charge in [-0.05, 0) is 57.8 Å². The molecule has 0 spiro atoms. The van der Waals surface area contributed by atoms with Crippen molar-refractivity contribution in [1.82, 2.24) is 0 Å². The predicted octanol–water partition coefficient (Wildman–Crippen LogP) is 12.7. The molecule has 5 saturated heterocycles. The van der Waals surface area contributed by atoms with Crippen LogP contribution in [0.5, 0.6) is 0 Å². The molecule has 0 aliphatic carbocycles. The van der Waals surface area contributed by atoms with Gasteiger partial charge in [-0.15, -0.1) is 0 Å². The van der Waals surface area contributed by atoms with Crippen LogP contribution in [0.15, 0.2) is 0 Å². The summed E-state index contributed by atoms with van der Waals surface area (Å²) in [7, 11) is 0. The van der Waals surface area contributed by atoms with Crippen LogP contribution in [0.4, 0.5) is 0 Å². The first-order valence-corrected chi connectivity index (χ1v) is 29.2. The average molecular weight is 977 g/mol. The zero-order chi connectivity index (χ0) is 48.9. The second-order valence-electron chi connectivity index (χ2n) is 21.6. The maximum absolute atomic E-state index is 12.9. The van der Waals surface area contributed by atoms with Crippen molar-refractivity contribution in [3.8, 4) is 0 Å². The van der Waals surface area contributed by atoms with Crippen LogP contribution in [-0.4, -0.2) is 109 Å². The van der Waals surface area contributed by atoms with E-state index in [1.807, 2.05) is 0 Å². The number of aliphatic hydroxyl groups is 1. The highest BCUT2D eigenvalue weighted by atomic mass is 16.6. The first kappa shape index (κ1) is 58.1. The summed E-state index contributed by atoms with van der Waals surface area (Å²) in [4.78, 5) is 38.3. The van der Waals surface area contributed by atoms with E-state index in [2.05, 4.69) is 20.8 Å². The van der Waals surface area contributed by atoms with Crippen LogP contribution < -0.4 is 0 Å². The molecule has 12 unspecified atom stereocenters. The highest BCUT2D eigenvalue weighted by Gasteiger charge is 2.51. The van der Waals surface area contributed by atoms with Crippen molar-refractivity contribution in [2.75, 3.05) is 13.2 Å². The van der Waals surface area contributed by atoms with Gasteiger partial charge in [-0.2, -0.15) is 0 Å². The first-order chi connectivity index (χ1) is 33.8. The number of unbranched alkanes of at least 4 members (excludes halogenated alkanes) is 20. The molecule has 0 radical (unpaired) electrons. The van der Waals surface area contributed by atoms with Crippen molar-refractivity contribution >= 4 is 17.9 Å². The number of carbonyl (C=O) groups excluding carboxylic acids is 3. The minimum atomic E-state index is -0.828. The van der Waals surface area contributed by atoms with E-state index >= 15 is 0 Å². The molecule has 12 atom stereocenters. The molecular weight excluding hydrogens is 877 g/mol. The van der Waals surface area contributed by atoms with Crippen molar-refractivity contribution in [3.05, 3.63) is 0 Å². The van der Waals surface area contributed by atoms with E-state index in [9.17, 15) is 19.5 Å². The molecule has 5 aliphatic heterocycles. The van der Waals surface area contributed by atoms with Gasteiger partial charge in [0.2, 0.25) is 0 Å². The number of hydrogen-bond donors (Lipinski definition) is 1. The molecule has 400 valence electrons. The van der Waals surface area contributed by atoms with Crippen LogP contribution in [-0.2, 0) is 52.3 Å². The summed E-state index contributed by atoms with van der Waals surface area (Å²) in [5.74, 6) is -1.00. The Morgan fingerprint density at radius 2 is 0.754 bits per heavy atom. The second kappa shape index (κ2) is 34.6. The van der Waals surface area contributed by atoms with E-state index in [4.69, 9.17) is 37.9 Å². The third-order valence-electron chi connectivity index (χ3n) is 15.3. The fourth-order valence-corrected chi connectivity index (χ4v) is 10.4. The van der Waals surface area contributed by atoms with Crippen LogP contribution >= 0.6 is 0 Å². The Morgan fingerprint density at radius 1 is 0.406 bits per heavy atom. The van der Waals surface area contributed by atoms with Crippen LogP contribution in [0.3, 0.4) is 0 Å². The second-order valence-corrected chi connectivity index (χ2v) is 21.6. The Bertz CT molecular complexity index is 1380. The summed E-state index contributed by atoms with van der Waals surface area (Å²) >= 11 is 0. The first-order valence-electron chi connectivity index (χ1n) is 29.2. The smallest absolute Gasteiger partial charge is 0.306 e. The van der Waals surface area contributed by atoms with E-state index in [0.29, 0.717) is 74.2 Å². The summed E-state index contributed by atoms with van der Waals surface area (Å²) in [6.45, 7) is 6.40. The molecule has 5 rings (SSSR count). The summed E-state index contributed by atoms with van der Waals surface area (Å²) in [6.07, 6.45) is 40.3. The molecule has 0 bridgehead atoms. The van der Waals surface area contributed by atoms with Gasteiger partial charge in [-0.3, -0.25) is 14.4 Å². The molecular formula is C57H100O12. The van der Waals surface area contributed by atoms with Crippen LogP contribution in [0, 0.1) is 0 Å². The van der Waals surface area contributed by atoms with E-state index < -0.39 is 6.10 Å². The molecule has 0 amide bonds. The van der Waals surface area contributed by atoms with Crippen molar-refractivity contribution in [3.63, 3.8) is 0 Å². The molecule has 0 aromatic rings. The number of epoxide rings is 5. The van der Waals surface area contributed by atoms with Gasteiger partial charge in [0.15, 0.2) is 6.10 Å². The van der Waals surface area contributed by atoms with E-state index in [-0.39, 0.29) is 49.8 Å². The number of ether oxygens (including phenoxy) is 8. The molecule has 5 heterocycles. The standard InChI is InChI=1S/C57H100O12/c1-4-7-9-10-16-24-32-46-47(66-46)33-25-17-13-20-27-35-55(59)62-41-44(64-57(61)37-29-19-12-11-15-23-30-43(58)38-50-48(67-50)31-22-8-5-2)42-63-56(60)36-28-21-14-18-26-34-49-52(68-49)40-54-53(69-54)39-51-45(6-3)65-51/h43-54,58H,4-42H2,1-3H3. The molecule has 5 fully saturated rings. The van der Waals surface area contributed by atoms with Crippen LogP contribution in [0.1, 0.15) is 258 Å². The molecule has 0 aromatic carbocycles. The Balaban J connectivity index is 0.865. The number of carbonyl (C=O) groups is 3. The Morgan fingerprint density at radius 3 is 1.28 bits per heavy atom. The minimum Gasteiger partial charge on any atom is -0.462 e. The maximum Gasteiger partial charge on any atom is 0.306 e. The molecule has 12 nitrogen and oxygen atoms in total. The average Bonchev–Trinajstić information content (AvgIpc) is 4.06. The minimum absolute atomic E-state index is 0.119. The lowest BCUT2D eigenvalue weighted by Crippen LogP contribution is -2.30. The predicted molar refractivity (Wildman–Crippen MR) is 269 cm³/mol. The van der Waals surface area contributed by atoms with E-state index in [0.717, 1.165) is 141 Å². The summed E-state index contributed by atoms with van der Waals surface area (Å²) in [5.41, 5.74) is 0. The monoisotopic (exact) mass is 977 g/mol. The van der Waals surface area contributed by atoms with Gasteiger partial charge >= 0.3 is 17.9 Å². The van der Waals surface area contributed by atoms with Gasteiger partial charge < -0.3 is 43.0 Å². The largest absolute Gasteiger partial charge is 0.462 e. The summed E-state index contributed by atoms with van der Waals surface area (Å²) in [6, 6.07) is 0. The SMILES string of the molecule is CCCCCCCCC1OC1CCCCCCCC(=O)OCC(COC(=O)CCCCCCCC1OC1CC1OC1CC1OC1CC)OC(=O)CCCCCCCCC(O)CC1OC1CCCCC. The van der Waals surface area contributed by atoms with Gasteiger partial charge in [0.25, 0.3) is 0 Å². The number of esters is 3. The Labute approximate surface area is 418 Å². The van der Waals surface area contributed by atoms with E-state index in [1.54, 1.807) is 0 Å². The maximum atomic E-state index is 12.9.